The molecule has 0 radical (unpaired) electrons. The van der Waals surface area contributed by atoms with Gasteiger partial charge < -0.3 is 15.7 Å². The summed E-state index contributed by atoms with van der Waals surface area (Å²) in [5.41, 5.74) is -1.49. The highest BCUT2D eigenvalue weighted by molar-refractivity contribution is 5.90. The lowest BCUT2D eigenvalue weighted by molar-refractivity contribution is -0.150. The van der Waals surface area contributed by atoms with Gasteiger partial charge in [-0.25, -0.2) is 4.79 Å². The number of carboxylic acids is 1. The summed E-state index contributed by atoms with van der Waals surface area (Å²) in [6.45, 7) is 5.32. The van der Waals surface area contributed by atoms with Crippen molar-refractivity contribution in [3.63, 3.8) is 0 Å². The molecule has 0 spiro atoms. The Labute approximate surface area is 114 Å². The second kappa shape index (κ2) is 5.12. The van der Waals surface area contributed by atoms with E-state index in [9.17, 15) is 14.7 Å². The van der Waals surface area contributed by atoms with Crippen LogP contribution in [0.25, 0.3) is 0 Å². The molecule has 3 N–H and O–H groups in total. The van der Waals surface area contributed by atoms with Crippen LogP contribution in [0, 0.1) is 11.3 Å². The van der Waals surface area contributed by atoms with Crippen LogP contribution in [-0.2, 0) is 9.59 Å². The van der Waals surface area contributed by atoms with Gasteiger partial charge in [0.25, 0.3) is 0 Å². The number of piperidine rings is 1. The summed E-state index contributed by atoms with van der Waals surface area (Å²) in [6, 6.07) is 0. The van der Waals surface area contributed by atoms with Gasteiger partial charge in [0, 0.05) is 0 Å². The molecule has 1 aliphatic carbocycles. The maximum Gasteiger partial charge on any atom is 0.329 e. The number of carbonyl (C=O) groups is 2. The van der Waals surface area contributed by atoms with Crippen LogP contribution in [0.15, 0.2) is 0 Å². The van der Waals surface area contributed by atoms with Crippen molar-refractivity contribution in [3.8, 4) is 0 Å². The van der Waals surface area contributed by atoms with Crippen LogP contribution >= 0.6 is 0 Å². The Morgan fingerprint density at radius 3 is 2.37 bits per heavy atom. The lowest BCUT2D eigenvalue weighted by Crippen LogP contribution is -2.59. The zero-order valence-electron chi connectivity index (χ0n) is 11.8. The van der Waals surface area contributed by atoms with Crippen LogP contribution in [0.4, 0.5) is 0 Å². The van der Waals surface area contributed by atoms with E-state index in [2.05, 4.69) is 10.6 Å². The van der Waals surface area contributed by atoms with E-state index in [0.29, 0.717) is 0 Å². The maximum absolute atomic E-state index is 12.6. The molecule has 1 saturated heterocycles. The van der Waals surface area contributed by atoms with Crippen LogP contribution < -0.4 is 10.6 Å². The largest absolute Gasteiger partial charge is 0.480 e. The zero-order valence-corrected chi connectivity index (χ0v) is 11.8. The fraction of sp³-hybridized carbons (Fsp3) is 0.857. The Balaban J connectivity index is 2.12. The van der Waals surface area contributed by atoms with Crippen molar-refractivity contribution >= 4 is 11.9 Å². The molecule has 0 aromatic carbocycles. The van der Waals surface area contributed by atoms with Crippen molar-refractivity contribution in [2.45, 2.75) is 51.5 Å². The summed E-state index contributed by atoms with van der Waals surface area (Å²) in [6.07, 6.45) is 4.12. The third-order valence-electron chi connectivity index (χ3n) is 4.93. The van der Waals surface area contributed by atoms with Gasteiger partial charge in [0.1, 0.15) is 5.54 Å². The van der Waals surface area contributed by atoms with Crippen molar-refractivity contribution in [3.05, 3.63) is 0 Å². The average molecular weight is 268 g/mol. The molecule has 1 saturated carbocycles. The predicted octanol–water partition coefficient (Wildman–Crippen LogP) is 1.14. The van der Waals surface area contributed by atoms with Crippen molar-refractivity contribution in [1.82, 2.24) is 10.6 Å². The summed E-state index contributed by atoms with van der Waals surface area (Å²) < 4.78 is 0. The van der Waals surface area contributed by atoms with E-state index in [1.165, 1.54) is 0 Å². The van der Waals surface area contributed by atoms with Gasteiger partial charge in [-0.3, -0.25) is 4.79 Å². The first kappa shape index (κ1) is 14.3. The van der Waals surface area contributed by atoms with Gasteiger partial charge >= 0.3 is 5.97 Å². The predicted molar refractivity (Wildman–Crippen MR) is 71.7 cm³/mol. The van der Waals surface area contributed by atoms with Gasteiger partial charge in [-0.15, -0.1) is 0 Å². The van der Waals surface area contributed by atoms with Gasteiger partial charge in [0.05, 0.1) is 5.41 Å². The second-order valence-electron chi connectivity index (χ2n) is 6.12. The normalized spacial score (nSPS) is 25.4. The van der Waals surface area contributed by atoms with Crippen LogP contribution in [0.5, 0.6) is 0 Å². The first-order chi connectivity index (χ1) is 8.94. The lowest BCUT2D eigenvalue weighted by Gasteiger charge is -2.38. The molecule has 0 bridgehead atoms. The van der Waals surface area contributed by atoms with Crippen LogP contribution in [-0.4, -0.2) is 35.6 Å². The third-order valence-corrected chi connectivity index (χ3v) is 4.93. The topological polar surface area (TPSA) is 78.4 Å². The highest BCUT2D eigenvalue weighted by atomic mass is 16.4. The fourth-order valence-electron chi connectivity index (χ4n) is 3.01. The molecule has 108 valence electrons. The lowest BCUT2D eigenvalue weighted by atomic mass is 9.75. The molecule has 0 aromatic heterocycles. The van der Waals surface area contributed by atoms with E-state index in [1.807, 2.05) is 6.92 Å². The number of carboxylic acid groups (broad SMARTS) is 1. The van der Waals surface area contributed by atoms with Crippen molar-refractivity contribution in [2.24, 2.45) is 11.3 Å². The SMILES string of the molecule is CCC1(C(=O)NC(C)(C(=O)O)C2CC2)CCNCC1. The second-order valence-corrected chi connectivity index (χ2v) is 6.12. The Morgan fingerprint density at radius 2 is 1.95 bits per heavy atom. The summed E-state index contributed by atoms with van der Waals surface area (Å²) in [7, 11) is 0. The van der Waals surface area contributed by atoms with Crippen LogP contribution in [0.2, 0.25) is 0 Å². The summed E-state index contributed by atoms with van der Waals surface area (Å²) in [5.74, 6) is -0.901. The Bertz CT molecular complexity index is 373. The molecular formula is C14H24N2O3. The fourth-order valence-corrected chi connectivity index (χ4v) is 3.01. The van der Waals surface area contributed by atoms with E-state index in [0.717, 1.165) is 45.2 Å². The summed E-state index contributed by atoms with van der Waals surface area (Å²) in [4.78, 5) is 24.1. The molecule has 1 aliphatic heterocycles. The van der Waals surface area contributed by atoms with E-state index < -0.39 is 16.9 Å². The van der Waals surface area contributed by atoms with Gasteiger partial charge in [-0.1, -0.05) is 6.92 Å². The van der Waals surface area contributed by atoms with Crippen molar-refractivity contribution in [2.75, 3.05) is 13.1 Å². The molecule has 0 aromatic rings. The quantitative estimate of drug-likeness (QED) is 0.698. The zero-order chi connectivity index (χ0) is 14.1. The van der Waals surface area contributed by atoms with E-state index in [-0.39, 0.29) is 11.8 Å². The number of carbonyl (C=O) groups excluding carboxylic acids is 1. The standard InChI is InChI=1S/C14H24N2O3/c1-3-14(6-8-15-9-7-14)11(17)16-13(2,12(18)19)10-4-5-10/h10,15H,3-9H2,1-2H3,(H,16,17)(H,18,19). The molecule has 2 fully saturated rings. The van der Waals surface area contributed by atoms with E-state index in [1.54, 1.807) is 6.92 Å². The molecule has 5 heteroatoms. The van der Waals surface area contributed by atoms with Crippen molar-refractivity contribution < 1.29 is 14.7 Å². The molecule has 1 amide bonds. The number of hydrogen-bond acceptors (Lipinski definition) is 3. The summed E-state index contributed by atoms with van der Waals surface area (Å²) in [5, 5.41) is 15.5. The van der Waals surface area contributed by atoms with E-state index >= 15 is 0 Å². The van der Waals surface area contributed by atoms with Gasteiger partial charge in [0.15, 0.2) is 0 Å². The van der Waals surface area contributed by atoms with Gasteiger partial charge in [-0.2, -0.15) is 0 Å². The first-order valence-electron chi connectivity index (χ1n) is 7.21. The van der Waals surface area contributed by atoms with Gasteiger partial charge in [-0.05, 0) is 58.0 Å². The van der Waals surface area contributed by atoms with Gasteiger partial charge in [0.2, 0.25) is 5.91 Å². The minimum atomic E-state index is -1.09. The molecule has 1 atom stereocenters. The first-order valence-corrected chi connectivity index (χ1v) is 7.21. The third kappa shape index (κ3) is 2.61. The van der Waals surface area contributed by atoms with Crippen LogP contribution in [0.1, 0.15) is 46.0 Å². The number of nitrogens with one attached hydrogen (secondary N) is 2. The highest BCUT2D eigenvalue weighted by Crippen LogP contribution is 2.41. The molecular weight excluding hydrogens is 244 g/mol. The summed E-state index contributed by atoms with van der Waals surface area (Å²) >= 11 is 0. The minimum Gasteiger partial charge on any atom is -0.480 e. The number of rotatable bonds is 5. The number of aliphatic carboxylic acids is 1. The average Bonchev–Trinajstić information content (AvgIpc) is 3.23. The molecule has 1 unspecified atom stereocenters. The maximum atomic E-state index is 12.6. The highest BCUT2D eigenvalue weighted by Gasteiger charge is 2.51. The number of amides is 1. The Morgan fingerprint density at radius 1 is 1.37 bits per heavy atom. The Kier molecular flexibility index (Phi) is 3.85. The monoisotopic (exact) mass is 268 g/mol. The molecule has 5 nitrogen and oxygen atoms in total. The van der Waals surface area contributed by atoms with E-state index in [4.69, 9.17) is 0 Å². The van der Waals surface area contributed by atoms with Crippen LogP contribution in [0.3, 0.4) is 0 Å². The smallest absolute Gasteiger partial charge is 0.329 e. The number of hydrogen-bond donors (Lipinski definition) is 3. The molecule has 19 heavy (non-hydrogen) atoms. The molecule has 2 rings (SSSR count). The van der Waals surface area contributed by atoms with Crippen molar-refractivity contribution in [1.29, 1.82) is 0 Å². The molecule has 1 heterocycles. The molecule has 2 aliphatic rings. The Hall–Kier alpha value is -1.10. The minimum absolute atomic E-state index is 0.0756.